The third kappa shape index (κ3) is 7.84. The lowest BCUT2D eigenvalue weighted by Gasteiger charge is -2.39. The van der Waals surface area contributed by atoms with Gasteiger partial charge in [-0.15, -0.1) is 0 Å². The molecule has 11 heteroatoms. The molecule has 0 saturated carbocycles. The summed E-state index contributed by atoms with van der Waals surface area (Å²) >= 11 is 0. The Hall–Kier alpha value is -3.47. The molecule has 0 aliphatic carbocycles. The number of imide groups is 1. The molecule has 0 saturated heterocycles. The van der Waals surface area contributed by atoms with Crippen molar-refractivity contribution in [1.82, 2.24) is 10.2 Å². The Morgan fingerprint density at radius 2 is 1.65 bits per heavy atom. The van der Waals surface area contributed by atoms with Crippen molar-refractivity contribution in [2.75, 3.05) is 7.11 Å². The van der Waals surface area contributed by atoms with Crippen molar-refractivity contribution < 1.29 is 38.6 Å². The first-order valence-corrected chi connectivity index (χ1v) is 10.6. The van der Waals surface area contributed by atoms with Crippen molar-refractivity contribution in [3.63, 3.8) is 0 Å². The number of nitrogens with zero attached hydrogens (tertiary/aromatic N) is 1. The molecule has 2 atom stereocenters. The Morgan fingerprint density at radius 1 is 1.09 bits per heavy atom. The molecule has 0 heterocycles. The second-order valence-electron chi connectivity index (χ2n) is 9.04. The van der Waals surface area contributed by atoms with Gasteiger partial charge in [0.2, 0.25) is 5.91 Å². The van der Waals surface area contributed by atoms with Gasteiger partial charge in [0.15, 0.2) is 5.66 Å². The molecular weight excluding hydrogens is 446 g/mol. The predicted octanol–water partition coefficient (Wildman–Crippen LogP) is 1.44. The minimum absolute atomic E-state index is 0.00697. The molecule has 0 fully saturated rings. The van der Waals surface area contributed by atoms with E-state index < -0.39 is 59.5 Å². The summed E-state index contributed by atoms with van der Waals surface area (Å²) in [6.45, 7) is 7.50. The average molecular weight is 480 g/mol. The number of esters is 1. The van der Waals surface area contributed by atoms with Gasteiger partial charge < -0.3 is 19.9 Å². The van der Waals surface area contributed by atoms with Gasteiger partial charge in [-0.1, -0.05) is 44.2 Å². The van der Waals surface area contributed by atoms with E-state index in [-0.39, 0.29) is 6.42 Å². The van der Waals surface area contributed by atoms with Crippen molar-refractivity contribution in [3.8, 4) is 0 Å². The fourth-order valence-corrected chi connectivity index (χ4v) is 2.98. The zero-order valence-corrected chi connectivity index (χ0v) is 20.3. The van der Waals surface area contributed by atoms with Crippen LogP contribution in [-0.2, 0) is 35.1 Å². The Labute approximate surface area is 198 Å². The van der Waals surface area contributed by atoms with Crippen LogP contribution >= 0.6 is 0 Å². The third-order valence-electron chi connectivity index (χ3n) is 4.58. The van der Waals surface area contributed by atoms with Gasteiger partial charge in [0.25, 0.3) is 5.91 Å². The second-order valence-corrected chi connectivity index (χ2v) is 9.04. The first kappa shape index (κ1) is 28.6. The van der Waals surface area contributed by atoms with Crippen molar-refractivity contribution in [2.45, 2.75) is 64.8 Å². The topological polar surface area (TPSA) is 165 Å². The highest BCUT2D eigenvalue weighted by molar-refractivity contribution is 6.03. The highest BCUT2D eigenvalue weighted by Crippen LogP contribution is 2.23. The maximum atomic E-state index is 13.4. The van der Waals surface area contributed by atoms with Crippen LogP contribution < -0.4 is 11.1 Å². The van der Waals surface area contributed by atoms with E-state index in [4.69, 9.17) is 15.2 Å². The molecule has 1 rings (SSSR count). The molecule has 188 valence electrons. The molecule has 0 aliphatic rings. The molecule has 0 spiro atoms. The van der Waals surface area contributed by atoms with Crippen LogP contribution in [0.4, 0.5) is 4.79 Å². The van der Waals surface area contributed by atoms with Crippen molar-refractivity contribution >= 4 is 29.8 Å². The van der Waals surface area contributed by atoms with Crippen LogP contribution in [0.25, 0.3) is 0 Å². The lowest BCUT2D eigenvalue weighted by Crippen LogP contribution is -2.71. The summed E-state index contributed by atoms with van der Waals surface area (Å²) in [7, 11) is 1.12. The molecule has 34 heavy (non-hydrogen) atoms. The van der Waals surface area contributed by atoms with Crippen LogP contribution in [0.15, 0.2) is 30.3 Å². The van der Waals surface area contributed by atoms with Gasteiger partial charge in [0.05, 0.1) is 13.5 Å². The zero-order chi connectivity index (χ0) is 26.3. The first-order chi connectivity index (χ1) is 15.6. The average Bonchev–Trinajstić information content (AvgIpc) is 2.71. The molecule has 1 aromatic rings. The molecule has 1 aromatic carbocycles. The number of hydrogen-bond acceptors (Lipinski definition) is 8. The highest BCUT2D eigenvalue weighted by Gasteiger charge is 2.51. The van der Waals surface area contributed by atoms with Crippen molar-refractivity contribution in [3.05, 3.63) is 35.9 Å². The summed E-state index contributed by atoms with van der Waals surface area (Å²) < 4.78 is 10.00. The van der Waals surface area contributed by atoms with E-state index in [0.29, 0.717) is 10.5 Å². The number of nitrogens with one attached hydrogen (secondary N) is 1. The normalized spacial score (nSPS) is 13.9. The van der Waals surface area contributed by atoms with E-state index in [1.165, 1.54) is 34.6 Å². The number of carbonyl (C=O) groups excluding carboxylic acids is 4. The summed E-state index contributed by atoms with van der Waals surface area (Å²) in [6, 6.07) is 7.38. The monoisotopic (exact) mass is 479 g/mol. The summed E-state index contributed by atoms with van der Waals surface area (Å²) in [5, 5.41) is 11.8. The number of methoxy groups -OCH3 is 1. The maximum Gasteiger partial charge on any atom is 0.419 e. The van der Waals surface area contributed by atoms with Gasteiger partial charge in [-0.05, 0) is 26.3 Å². The van der Waals surface area contributed by atoms with Crippen LogP contribution in [0.2, 0.25) is 0 Å². The lowest BCUT2D eigenvalue weighted by atomic mass is 9.99. The molecule has 0 unspecified atom stereocenters. The zero-order valence-electron chi connectivity index (χ0n) is 20.3. The van der Waals surface area contributed by atoms with Crippen LogP contribution in [-0.4, -0.2) is 64.3 Å². The number of benzene rings is 1. The number of carboxylic acid groups (broad SMARTS) is 1. The van der Waals surface area contributed by atoms with Crippen LogP contribution in [0, 0.1) is 5.92 Å². The molecule has 3 amide bonds. The van der Waals surface area contributed by atoms with Crippen LogP contribution in [0.5, 0.6) is 0 Å². The van der Waals surface area contributed by atoms with Crippen molar-refractivity contribution in [2.24, 2.45) is 11.7 Å². The first-order valence-electron chi connectivity index (χ1n) is 10.6. The Morgan fingerprint density at radius 3 is 2.09 bits per heavy atom. The van der Waals surface area contributed by atoms with Crippen molar-refractivity contribution in [1.29, 1.82) is 0 Å². The maximum absolute atomic E-state index is 13.4. The van der Waals surface area contributed by atoms with E-state index in [9.17, 15) is 29.1 Å². The molecule has 0 aliphatic heterocycles. The largest absolute Gasteiger partial charge is 0.481 e. The van der Waals surface area contributed by atoms with Gasteiger partial charge in [-0.25, -0.2) is 14.5 Å². The van der Waals surface area contributed by atoms with E-state index in [1.807, 2.05) is 0 Å². The van der Waals surface area contributed by atoms with Gasteiger partial charge in [0, 0.05) is 12.3 Å². The molecule has 4 N–H and O–H groups in total. The SMILES string of the molecule is COC(=O)[C@H](Cc1ccccc1)NC(=O)[C@](N)(CC(=O)O)N(C(=O)OC(C)(C)C)C(=O)C(C)C. The fourth-order valence-electron chi connectivity index (χ4n) is 2.98. The molecular formula is C23H33N3O8. The van der Waals surface area contributed by atoms with Gasteiger partial charge in [-0.3, -0.25) is 20.1 Å². The summed E-state index contributed by atoms with van der Waals surface area (Å²) in [6.07, 6.45) is -2.43. The lowest BCUT2D eigenvalue weighted by molar-refractivity contribution is -0.155. The van der Waals surface area contributed by atoms with Gasteiger partial charge in [0.1, 0.15) is 11.6 Å². The smallest absolute Gasteiger partial charge is 0.419 e. The number of aliphatic carboxylic acids is 1. The molecule has 0 bridgehead atoms. The van der Waals surface area contributed by atoms with Crippen LogP contribution in [0.1, 0.15) is 46.6 Å². The quantitative estimate of drug-likeness (QED) is 0.351. The van der Waals surface area contributed by atoms with E-state index in [1.54, 1.807) is 30.3 Å². The van der Waals surface area contributed by atoms with Gasteiger partial charge in [-0.2, -0.15) is 0 Å². The van der Waals surface area contributed by atoms with E-state index in [2.05, 4.69) is 5.32 Å². The molecule has 0 radical (unpaired) electrons. The fraction of sp³-hybridized carbons (Fsp3) is 0.522. The minimum Gasteiger partial charge on any atom is -0.481 e. The number of amides is 3. The number of ether oxygens (including phenoxy) is 2. The van der Waals surface area contributed by atoms with Crippen LogP contribution in [0.3, 0.4) is 0 Å². The Balaban J connectivity index is 3.47. The summed E-state index contributed by atoms with van der Waals surface area (Å²) in [5.41, 5.74) is 3.09. The number of nitrogens with two attached hydrogens (primary N) is 1. The van der Waals surface area contributed by atoms with Gasteiger partial charge >= 0.3 is 18.0 Å². The third-order valence-corrected chi connectivity index (χ3v) is 4.58. The number of rotatable bonds is 9. The van der Waals surface area contributed by atoms with E-state index in [0.717, 1.165) is 7.11 Å². The number of hydrogen-bond donors (Lipinski definition) is 3. The molecule has 0 aromatic heterocycles. The highest BCUT2D eigenvalue weighted by atomic mass is 16.6. The predicted molar refractivity (Wildman–Crippen MR) is 121 cm³/mol. The second kappa shape index (κ2) is 11.6. The number of carbonyl (C=O) groups is 5. The standard InChI is InChI=1S/C23H33N3O8/c1-14(2)18(29)26(21(32)34-22(3,4)5)23(24,13-17(27)28)20(31)25-16(19(30)33-6)12-15-10-8-7-9-11-15/h7-11,14,16H,12-13,24H2,1-6H3,(H,25,31)(H,27,28)/t16-,23-/m0/s1. The summed E-state index contributed by atoms with van der Waals surface area (Å²) in [5.74, 6) is -5.38. The summed E-state index contributed by atoms with van der Waals surface area (Å²) in [4.78, 5) is 63.6. The minimum atomic E-state index is -2.70. The Bertz CT molecular complexity index is 911. The Kier molecular flexibility index (Phi) is 9.74. The molecule has 11 nitrogen and oxygen atoms in total. The van der Waals surface area contributed by atoms with E-state index >= 15 is 0 Å². The number of carboxylic acids is 1.